The second-order valence-electron chi connectivity index (χ2n) is 7.07. The molecule has 140 valence electrons. The van der Waals surface area contributed by atoms with Crippen molar-refractivity contribution in [3.05, 3.63) is 42.5 Å². The van der Waals surface area contributed by atoms with Gasteiger partial charge >= 0.3 is 0 Å². The lowest BCUT2D eigenvalue weighted by molar-refractivity contribution is 0.261. The Kier molecular flexibility index (Phi) is 5.18. The SMILES string of the molecule is CSc1ccc(-c2nnc(N[C@@H]3CCCN(C)C3)c3ccccc23)c(O)c1. The molecule has 1 aliphatic heterocycles. The number of piperidine rings is 1. The molecule has 0 aliphatic carbocycles. The molecule has 1 atom stereocenters. The number of benzene rings is 2. The van der Waals surface area contributed by atoms with Gasteiger partial charge in [-0.25, -0.2) is 0 Å². The Morgan fingerprint density at radius 2 is 1.96 bits per heavy atom. The van der Waals surface area contributed by atoms with Crippen LogP contribution in [0.2, 0.25) is 0 Å². The highest BCUT2D eigenvalue weighted by atomic mass is 32.2. The van der Waals surface area contributed by atoms with E-state index in [1.807, 2.05) is 36.6 Å². The van der Waals surface area contributed by atoms with E-state index in [2.05, 4.69) is 33.5 Å². The minimum atomic E-state index is 0.232. The van der Waals surface area contributed by atoms with Gasteiger partial charge in [0.15, 0.2) is 5.82 Å². The molecule has 0 unspecified atom stereocenters. The zero-order chi connectivity index (χ0) is 18.8. The van der Waals surface area contributed by atoms with E-state index in [9.17, 15) is 5.11 Å². The normalized spacial score (nSPS) is 17.9. The summed E-state index contributed by atoms with van der Waals surface area (Å²) in [5, 5.41) is 25.1. The van der Waals surface area contributed by atoms with Crippen LogP contribution in [0.3, 0.4) is 0 Å². The zero-order valence-corrected chi connectivity index (χ0v) is 16.5. The molecule has 3 aromatic rings. The van der Waals surface area contributed by atoms with E-state index >= 15 is 0 Å². The summed E-state index contributed by atoms with van der Waals surface area (Å²) in [4.78, 5) is 3.37. The largest absolute Gasteiger partial charge is 0.507 e. The lowest BCUT2D eigenvalue weighted by Gasteiger charge is -2.30. The van der Waals surface area contributed by atoms with Crippen LogP contribution in [-0.4, -0.2) is 52.6 Å². The Morgan fingerprint density at radius 1 is 1.15 bits per heavy atom. The van der Waals surface area contributed by atoms with Gasteiger partial charge < -0.3 is 15.3 Å². The quantitative estimate of drug-likeness (QED) is 0.661. The van der Waals surface area contributed by atoms with Crippen LogP contribution < -0.4 is 5.32 Å². The number of thioether (sulfide) groups is 1. The first-order valence-electron chi connectivity index (χ1n) is 9.23. The van der Waals surface area contributed by atoms with Gasteiger partial charge in [0.05, 0.1) is 0 Å². The van der Waals surface area contributed by atoms with E-state index < -0.39 is 0 Å². The lowest BCUT2D eigenvalue weighted by Crippen LogP contribution is -2.40. The van der Waals surface area contributed by atoms with Crippen molar-refractivity contribution in [3.63, 3.8) is 0 Å². The van der Waals surface area contributed by atoms with Gasteiger partial charge in [0.1, 0.15) is 11.4 Å². The van der Waals surface area contributed by atoms with Crippen LogP contribution >= 0.6 is 11.8 Å². The summed E-state index contributed by atoms with van der Waals surface area (Å²) in [6.07, 6.45) is 4.32. The second-order valence-corrected chi connectivity index (χ2v) is 7.95. The molecule has 0 bridgehead atoms. The highest BCUT2D eigenvalue weighted by Crippen LogP contribution is 2.36. The molecular formula is C21H24N4OS. The van der Waals surface area contributed by atoms with E-state index in [4.69, 9.17) is 0 Å². The molecule has 1 aromatic heterocycles. The van der Waals surface area contributed by atoms with Crippen molar-refractivity contribution in [2.75, 3.05) is 31.7 Å². The summed E-state index contributed by atoms with van der Waals surface area (Å²) in [7, 11) is 2.15. The Morgan fingerprint density at radius 3 is 2.70 bits per heavy atom. The highest BCUT2D eigenvalue weighted by Gasteiger charge is 2.20. The molecule has 0 saturated carbocycles. The third-order valence-electron chi connectivity index (χ3n) is 5.11. The standard InChI is InChI=1S/C21H24N4OS/c1-25-11-5-6-14(13-25)22-21-17-8-4-3-7-16(17)20(23-24-21)18-10-9-15(27-2)12-19(18)26/h3-4,7-10,12,14,26H,5-6,11,13H2,1-2H3,(H,22,24)/t14-/m1/s1. The molecule has 1 aliphatic rings. The van der Waals surface area contributed by atoms with E-state index in [1.165, 1.54) is 6.42 Å². The molecule has 6 heteroatoms. The minimum Gasteiger partial charge on any atom is -0.507 e. The molecule has 27 heavy (non-hydrogen) atoms. The van der Waals surface area contributed by atoms with Crippen LogP contribution in [0.1, 0.15) is 12.8 Å². The average molecular weight is 381 g/mol. The fraction of sp³-hybridized carbons (Fsp3) is 0.333. The number of anilines is 1. The molecule has 0 spiro atoms. The summed E-state index contributed by atoms with van der Waals surface area (Å²) >= 11 is 1.60. The Bertz CT molecular complexity index is 962. The molecule has 1 fully saturated rings. The van der Waals surface area contributed by atoms with Gasteiger partial charge in [0.2, 0.25) is 0 Å². The molecule has 0 amide bonds. The topological polar surface area (TPSA) is 61.3 Å². The highest BCUT2D eigenvalue weighted by molar-refractivity contribution is 7.98. The summed E-state index contributed by atoms with van der Waals surface area (Å²) in [6, 6.07) is 14.2. The van der Waals surface area contributed by atoms with Crippen LogP contribution in [0.4, 0.5) is 5.82 Å². The van der Waals surface area contributed by atoms with Crippen molar-refractivity contribution in [1.82, 2.24) is 15.1 Å². The Labute approximate surface area is 163 Å². The summed E-state index contributed by atoms with van der Waals surface area (Å²) in [6.45, 7) is 2.16. The van der Waals surface area contributed by atoms with Crippen LogP contribution in [0.5, 0.6) is 5.75 Å². The maximum absolute atomic E-state index is 10.5. The average Bonchev–Trinajstić information content (AvgIpc) is 2.68. The molecule has 5 nitrogen and oxygen atoms in total. The number of nitrogens with one attached hydrogen (secondary N) is 1. The Hall–Kier alpha value is -2.31. The van der Waals surface area contributed by atoms with Gasteiger partial charge in [0, 0.05) is 33.8 Å². The van der Waals surface area contributed by atoms with Gasteiger partial charge in [-0.3, -0.25) is 0 Å². The summed E-state index contributed by atoms with van der Waals surface area (Å²) in [5.74, 6) is 1.05. The number of nitrogens with zero attached hydrogens (tertiary/aromatic N) is 3. The number of aromatic nitrogens is 2. The fourth-order valence-electron chi connectivity index (χ4n) is 3.73. The maximum atomic E-state index is 10.5. The second kappa shape index (κ2) is 7.74. The van der Waals surface area contributed by atoms with Crippen molar-refractivity contribution < 1.29 is 5.11 Å². The third-order valence-corrected chi connectivity index (χ3v) is 5.84. The monoisotopic (exact) mass is 380 g/mol. The van der Waals surface area contributed by atoms with Gasteiger partial charge in [-0.2, -0.15) is 0 Å². The summed E-state index contributed by atoms with van der Waals surface area (Å²) in [5.41, 5.74) is 1.42. The molecule has 4 rings (SSSR count). The Balaban J connectivity index is 1.74. The van der Waals surface area contributed by atoms with Gasteiger partial charge in [-0.05, 0) is 50.9 Å². The van der Waals surface area contributed by atoms with E-state index in [0.717, 1.165) is 41.0 Å². The van der Waals surface area contributed by atoms with Gasteiger partial charge in [-0.1, -0.05) is 24.3 Å². The number of likely N-dealkylation sites (tertiary alicyclic amines) is 1. The first-order valence-corrected chi connectivity index (χ1v) is 10.5. The summed E-state index contributed by atoms with van der Waals surface area (Å²) < 4.78 is 0. The third kappa shape index (κ3) is 3.73. The molecule has 1 saturated heterocycles. The van der Waals surface area contributed by atoms with Crippen LogP contribution in [0.25, 0.3) is 22.0 Å². The number of hydrogen-bond acceptors (Lipinski definition) is 6. The van der Waals surface area contributed by atoms with Crippen LogP contribution in [0, 0.1) is 0 Å². The minimum absolute atomic E-state index is 0.232. The molecular weight excluding hydrogens is 356 g/mol. The smallest absolute Gasteiger partial charge is 0.156 e. The number of hydrogen-bond donors (Lipinski definition) is 2. The fourth-order valence-corrected chi connectivity index (χ4v) is 4.16. The van der Waals surface area contributed by atoms with Crippen molar-refractivity contribution >= 4 is 28.4 Å². The van der Waals surface area contributed by atoms with Gasteiger partial charge in [-0.15, -0.1) is 22.0 Å². The first kappa shape index (κ1) is 18.1. The molecule has 0 radical (unpaired) electrons. The van der Waals surface area contributed by atoms with Crippen LogP contribution in [-0.2, 0) is 0 Å². The molecule has 2 heterocycles. The van der Waals surface area contributed by atoms with E-state index in [1.54, 1.807) is 17.8 Å². The molecule has 2 aromatic carbocycles. The van der Waals surface area contributed by atoms with Crippen molar-refractivity contribution in [3.8, 4) is 17.0 Å². The number of aromatic hydroxyl groups is 1. The number of rotatable bonds is 4. The number of fused-ring (bicyclic) bond motifs is 1. The van der Waals surface area contributed by atoms with E-state index in [0.29, 0.717) is 17.3 Å². The lowest BCUT2D eigenvalue weighted by atomic mass is 10.0. The molecule has 2 N–H and O–H groups in total. The maximum Gasteiger partial charge on any atom is 0.156 e. The van der Waals surface area contributed by atoms with Gasteiger partial charge in [0.25, 0.3) is 0 Å². The van der Waals surface area contributed by atoms with Crippen LogP contribution in [0.15, 0.2) is 47.4 Å². The number of phenols is 1. The van der Waals surface area contributed by atoms with E-state index in [-0.39, 0.29) is 5.75 Å². The predicted molar refractivity (Wildman–Crippen MR) is 113 cm³/mol. The van der Waals surface area contributed by atoms with Crippen molar-refractivity contribution in [2.45, 2.75) is 23.8 Å². The first-order chi connectivity index (χ1) is 13.2. The van der Waals surface area contributed by atoms with Crippen molar-refractivity contribution in [1.29, 1.82) is 0 Å². The predicted octanol–water partition coefficient (Wildman–Crippen LogP) is 4.23. The zero-order valence-electron chi connectivity index (χ0n) is 15.6. The number of phenolic OH excluding ortho intramolecular Hbond substituents is 1. The number of likely N-dealkylation sites (N-methyl/N-ethyl adjacent to an activating group) is 1. The van der Waals surface area contributed by atoms with Crippen molar-refractivity contribution in [2.24, 2.45) is 0 Å².